The molecule has 0 bridgehead atoms. The molecule has 0 spiro atoms. The first-order valence-electron chi connectivity index (χ1n) is 7.53. The first kappa shape index (κ1) is 15.5. The number of fused-ring (bicyclic) bond motifs is 1. The standard InChI is InChI=1S/C14H22N4O3S/c1-10-7-17-5-3-4-11(17)8-18(10)22(20,21)12-6-13(14(15)19)16(2)9-12/h6,9-11H,3-5,7-8H2,1-2H3,(H2,15,19)/t10-,11-/m0/s1. The van der Waals surface area contributed by atoms with Gasteiger partial charge in [0, 0.05) is 38.4 Å². The van der Waals surface area contributed by atoms with Gasteiger partial charge in [-0.25, -0.2) is 8.42 Å². The van der Waals surface area contributed by atoms with E-state index >= 15 is 0 Å². The van der Waals surface area contributed by atoms with Crippen LogP contribution in [0.2, 0.25) is 0 Å². The lowest BCUT2D eigenvalue weighted by atomic mass is 10.1. The Morgan fingerprint density at radius 2 is 2.09 bits per heavy atom. The molecule has 1 amide bonds. The molecule has 2 aliphatic rings. The summed E-state index contributed by atoms with van der Waals surface area (Å²) >= 11 is 0. The van der Waals surface area contributed by atoms with Gasteiger partial charge in [-0.15, -0.1) is 0 Å². The molecule has 0 aromatic carbocycles. The Kier molecular flexibility index (Phi) is 3.78. The van der Waals surface area contributed by atoms with Gasteiger partial charge in [-0.1, -0.05) is 0 Å². The van der Waals surface area contributed by atoms with Crippen LogP contribution in [-0.4, -0.2) is 59.8 Å². The van der Waals surface area contributed by atoms with E-state index in [2.05, 4.69) is 4.90 Å². The Morgan fingerprint density at radius 3 is 2.73 bits per heavy atom. The number of primary amides is 1. The molecule has 2 saturated heterocycles. The second kappa shape index (κ2) is 5.36. The number of hydrogen-bond donors (Lipinski definition) is 1. The number of aryl methyl sites for hydroxylation is 1. The molecule has 7 nitrogen and oxygen atoms in total. The van der Waals surface area contributed by atoms with Gasteiger partial charge in [-0.2, -0.15) is 4.31 Å². The van der Waals surface area contributed by atoms with Gasteiger partial charge in [0.15, 0.2) is 0 Å². The Morgan fingerprint density at radius 1 is 1.36 bits per heavy atom. The van der Waals surface area contributed by atoms with Crippen LogP contribution in [0.25, 0.3) is 0 Å². The fourth-order valence-electron chi connectivity index (χ4n) is 3.55. The van der Waals surface area contributed by atoms with E-state index in [0.717, 1.165) is 25.9 Å². The molecular formula is C14H22N4O3S. The summed E-state index contributed by atoms with van der Waals surface area (Å²) in [6.45, 7) is 4.27. The van der Waals surface area contributed by atoms with Crippen LogP contribution in [0.15, 0.2) is 17.2 Å². The van der Waals surface area contributed by atoms with Crippen LogP contribution in [0.1, 0.15) is 30.3 Å². The molecule has 22 heavy (non-hydrogen) atoms. The highest BCUT2D eigenvalue weighted by atomic mass is 32.2. The molecule has 2 aliphatic heterocycles. The molecule has 0 aliphatic carbocycles. The van der Waals surface area contributed by atoms with Gasteiger partial charge in [-0.3, -0.25) is 9.69 Å². The van der Waals surface area contributed by atoms with Crippen molar-refractivity contribution in [3.8, 4) is 0 Å². The van der Waals surface area contributed by atoms with Crippen LogP contribution in [-0.2, 0) is 17.1 Å². The quantitative estimate of drug-likeness (QED) is 0.845. The van der Waals surface area contributed by atoms with Gasteiger partial charge in [-0.05, 0) is 32.4 Å². The van der Waals surface area contributed by atoms with Crippen LogP contribution in [0.5, 0.6) is 0 Å². The Balaban J connectivity index is 1.92. The van der Waals surface area contributed by atoms with E-state index in [0.29, 0.717) is 12.6 Å². The summed E-state index contributed by atoms with van der Waals surface area (Å²) < 4.78 is 28.9. The number of amides is 1. The predicted octanol–water partition coefficient (Wildman–Crippen LogP) is -0.0188. The van der Waals surface area contributed by atoms with Crippen molar-refractivity contribution >= 4 is 15.9 Å². The first-order chi connectivity index (χ1) is 10.3. The maximum absolute atomic E-state index is 12.9. The first-order valence-corrected chi connectivity index (χ1v) is 8.97. The highest BCUT2D eigenvalue weighted by Gasteiger charge is 2.40. The maximum Gasteiger partial charge on any atom is 0.265 e. The van der Waals surface area contributed by atoms with Crippen molar-refractivity contribution in [2.24, 2.45) is 12.8 Å². The number of carbonyl (C=O) groups excluding carboxylic acids is 1. The number of aromatic nitrogens is 1. The van der Waals surface area contributed by atoms with Gasteiger partial charge in [0.25, 0.3) is 5.91 Å². The van der Waals surface area contributed by atoms with Crippen LogP contribution >= 0.6 is 0 Å². The molecule has 2 fully saturated rings. The Bertz CT molecular complexity index is 697. The molecular weight excluding hydrogens is 304 g/mol. The summed E-state index contributed by atoms with van der Waals surface area (Å²) in [6, 6.07) is 1.60. The van der Waals surface area contributed by atoms with E-state index in [-0.39, 0.29) is 16.6 Å². The minimum absolute atomic E-state index is 0.0726. The minimum Gasteiger partial charge on any atom is -0.364 e. The zero-order chi connectivity index (χ0) is 16.1. The lowest BCUT2D eigenvalue weighted by Gasteiger charge is -2.41. The number of rotatable bonds is 3. The van der Waals surface area contributed by atoms with E-state index in [9.17, 15) is 13.2 Å². The van der Waals surface area contributed by atoms with E-state index in [1.54, 1.807) is 11.4 Å². The summed E-state index contributed by atoms with van der Waals surface area (Å²) in [4.78, 5) is 13.9. The summed E-state index contributed by atoms with van der Waals surface area (Å²) in [5.74, 6) is -0.627. The number of hydrogen-bond acceptors (Lipinski definition) is 4. The van der Waals surface area contributed by atoms with Crippen LogP contribution in [0.4, 0.5) is 0 Å². The van der Waals surface area contributed by atoms with Crippen LogP contribution in [0.3, 0.4) is 0 Å². The normalized spacial score (nSPS) is 27.0. The van der Waals surface area contributed by atoms with Crippen molar-refractivity contribution in [3.63, 3.8) is 0 Å². The zero-order valence-corrected chi connectivity index (χ0v) is 13.7. The number of sulfonamides is 1. The van der Waals surface area contributed by atoms with Gasteiger partial charge in [0.1, 0.15) is 10.6 Å². The molecule has 0 saturated carbocycles. The molecule has 1 aromatic heterocycles. The largest absolute Gasteiger partial charge is 0.364 e. The molecule has 0 unspecified atom stereocenters. The van der Waals surface area contributed by atoms with E-state index in [1.807, 2.05) is 6.92 Å². The fourth-order valence-corrected chi connectivity index (χ4v) is 5.28. The highest BCUT2D eigenvalue weighted by molar-refractivity contribution is 7.89. The molecule has 3 heterocycles. The summed E-state index contributed by atoms with van der Waals surface area (Å²) in [5.41, 5.74) is 5.47. The Labute approximate surface area is 130 Å². The summed E-state index contributed by atoms with van der Waals surface area (Å²) in [5, 5.41) is 0. The topological polar surface area (TPSA) is 88.6 Å². The molecule has 2 N–H and O–H groups in total. The SMILES string of the molecule is C[C@H]1CN2CCC[C@H]2CN1S(=O)(=O)c1cc(C(N)=O)n(C)c1. The number of piperazine rings is 1. The van der Waals surface area contributed by atoms with Crippen molar-refractivity contribution < 1.29 is 13.2 Å². The second-order valence-corrected chi connectivity index (χ2v) is 8.14. The van der Waals surface area contributed by atoms with Gasteiger partial charge in [0.2, 0.25) is 10.0 Å². The van der Waals surface area contributed by atoms with Crippen LogP contribution < -0.4 is 5.73 Å². The van der Waals surface area contributed by atoms with Gasteiger partial charge < -0.3 is 10.3 Å². The molecule has 0 radical (unpaired) electrons. The zero-order valence-electron chi connectivity index (χ0n) is 12.9. The lowest BCUT2D eigenvalue weighted by molar-refractivity contribution is 0.0992. The summed E-state index contributed by atoms with van der Waals surface area (Å²) in [7, 11) is -1.98. The van der Waals surface area contributed by atoms with Crippen molar-refractivity contribution in [2.75, 3.05) is 19.6 Å². The average molecular weight is 326 g/mol. The number of nitrogens with zero attached hydrogens (tertiary/aromatic N) is 3. The smallest absolute Gasteiger partial charge is 0.265 e. The monoisotopic (exact) mass is 326 g/mol. The van der Waals surface area contributed by atoms with E-state index in [1.165, 1.54) is 16.8 Å². The second-order valence-electron chi connectivity index (χ2n) is 6.25. The molecule has 122 valence electrons. The third kappa shape index (κ3) is 2.45. The van der Waals surface area contributed by atoms with Gasteiger partial charge in [0.05, 0.1) is 0 Å². The molecule has 2 atom stereocenters. The third-order valence-electron chi connectivity index (χ3n) is 4.72. The number of carbonyl (C=O) groups is 1. The number of nitrogens with two attached hydrogens (primary N) is 1. The van der Waals surface area contributed by atoms with Gasteiger partial charge >= 0.3 is 0 Å². The lowest BCUT2D eigenvalue weighted by Crippen LogP contribution is -2.56. The molecule has 3 rings (SSSR count). The minimum atomic E-state index is -3.61. The van der Waals surface area contributed by atoms with E-state index in [4.69, 9.17) is 5.73 Å². The van der Waals surface area contributed by atoms with Crippen LogP contribution in [0, 0.1) is 0 Å². The Hall–Kier alpha value is -1.38. The maximum atomic E-state index is 12.9. The fraction of sp³-hybridized carbons (Fsp3) is 0.643. The van der Waals surface area contributed by atoms with Crippen molar-refractivity contribution in [2.45, 2.75) is 36.7 Å². The predicted molar refractivity (Wildman–Crippen MR) is 81.9 cm³/mol. The third-order valence-corrected chi connectivity index (χ3v) is 6.66. The molecule has 8 heteroatoms. The van der Waals surface area contributed by atoms with Crippen molar-refractivity contribution in [3.05, 3.63) is 18.0 Å². The van der Waals surface area contributed by atoms with E-state index < -0.39 is 15.9 Å². The summed E-state index contributed by atoms with van der Waals surface area (Å²) in [6.07, 6.45) is 3.63. The average Bonchev–Trinajstić information content (AvgIpc) is 3.03. The molecule has 1 aromatic rings. The highest BCUT2D eigenvalue weighted by Crippen LogP contribution is 2.29. The van der Waals surface area contributed by atoms with Crippen molar-refractivity contribution in [1.82, 2.24) is 13.8 Å². The van der Waals surface area contributed by atoms with Crippen molar-refractivity contribution in [1.29, 1.82) is 0 Å².